The molecular weight excluding hydrogens is 356 g/mol. The van der Waals surface area contributed by atoms with Gasteiger partial charge in [0.15, 0.2) is 8.32 Å². The van der Waals surface area contributed by atoms with Crippen molar-refractivity contribution in [1.82, 2.24) is 0 Å². The largest absolute Gasteiger partial charge is 0.543 e. The Labute approximate surface area is 163 Å². The van der Waals surface area contributed by atoms with E-state index in [9.17, 15) is 0 Å². The fourth-order valence-electron chi connectivity index (χ4n) is 2.34. The molecule has 0 aliphatic heterocycles. The number of hydrogen-bond donors (Lipinski definition) is 0. The molecule has 1 rings (SSSR count). The molecule has 0 radical (unpaired) electrons. The van der Waals surface area contributed by atoms with Gasteiger partial charge >= 0.3 is 0 Å². The normalized spacial score (nSPS) is 14.2. The zero-order valence-electron chi connectivity index (χ0n) is 18.4. The molecular formula is C21H40O3Si2. The molecule has 1 aromatic rings. The van der Waals surface area contributed by atoms with E-state index in [0.717, 1.165) is 11.5 Å². The lowest BCUT2D eigenvalue weighted by Gasteiger charge is -2.36. The summed E-state index contributed by atoms with van der Waals surface area (Å²) < 4.78 is 18.7. The average Bonchev–Trinajstić information content (AvgIpc) is 2.50. The van der Waals surface area contributed by atoms with Crippen molar-refractivity contribution in [3.8, 4) is 11.5 Å². The van der Waals surface area contributed by atoms with Crippen LogP contribution >= 0.6 is 0 Å². The van der Waals surface area contributed by atoms with Crippen molar-refractivity contribution in [2.24, 2.45) is 0 Å². The van der Waals surface area contributed by atoms with E-state index in [1.807, 2.05) is 24.3 Å². The molecule has 0 fully saturated rings. The molecule has 0 aliphatic carbocycles. The first-order valence-corrected chi connectivity index (χ1v) is 16.0. The lowest BCUT2D eigenvalue weighted by molar-refractivity contribution is 0.138. The summed E-state index contributed by atoms with van der Waals surface area (Å²) in [5.74, 6) is 1.75. The second-order valence-corrected chi connectivity index (χ2v) is 18.5. The van der Waals surface area contributed by atoms with Crippen molar-refractivity contribution in [3.63, 3.8) is 0 Å². The molecule has 0 bridgehead atoms. The molecule has 0 aromatic heterocycles. The van der Waals surface area contributed by atoms with Gasteiger partial charge in [-0.3, -0.25) is 0 Å². The van der Waals surface area contributed by atoms with Gasteiger partial charge in [0.05, 0.1) is 6.61 Å². The van der Waals surface area contributed by atoms with E-state index >= 15 is 0 Å². The van der Waals surface area contributed by atoms with Crippen molar-refractivity contribution in [3.05, 3.63) is 24.3 Å². The van der Waals surface area contributed by atoms with Gasteiger partial charge in [0, 0.05) is 6.07 Å². The van der Waals surface area contributed by atoms with Crippen LogP contribution < -0.4 is 9.16 Å². The van der Waals surface area contributed by atoms with Gasteiger partial charge in [-0.1, -0.05) is 46.6 Å². The van der Waals surface area contributed by atoms with E-state index < -0.39 is 16.6 Å². The lowest BCUT2D eigenvalue weighted by Crippen LogP contribution is -2.43. The summed E-state index contributed by atoms with van der Waals surface area (Å²) in [6, 6.07) is 9.25. The van der Waals surface area contributed by atoms with Crippen molar-refractivity contribution < 1.29 is 13.6 Å². The Hall–Kier alpha value is -0.786. The minimum absolute atomic E-state index is 0.0338. The zero-order chi connectivity index (χ0) is 20.0. The van der Waals surface area contributed by atoms with Crippen LogP contribution in [0.2, 0.25) is 37.3 Å². The molecule has 0 N–H and O–H groups in total. The number of ether oxygens (including phenoxy) is 1. The highest BCUT2D eigenvalue weighted by molar-refractivity contribution is 6.74. The van der Waals surface area contributed by atoms with E-state index in [-0.39, 0.29) is 11.1 Å². The van der Waals surface area contributed by atoms with Gasteiger partial charge in [0.1, 0.15) is 17.6 Å². The Bertz CT molecular complexity index is 550. The molecule has 0 amide bonds. The summed E-state index contributed by atoms with van der Waals surface area (Å²) in [5, 5.41) is 0.180. The molecule has 0 heterocycles. The molecule has 1 atom stereocenters. The molecule has 150 valence electrons. The molecule has 0 saturated carbocycles. The van der Waals surface area contributed by atoms with E-state index in [0.29, 0.717) is 6.61 Å². The van der Waals surface area contributed by atoms with E-state index in [1.165, 1.54) is 18.9 Å². The molecule has 3 nitrogen and oxygen atoms in total. The molecule has 0 saturated heterocycles. The highest BCUT2D eigenvalue weighted by Gasteiger charge is 2.39. The zero-order valence-corrected chi connectivity index (χ0v) is 20.4. The third-order valence-electron chi connectivity index (χ3n) is 5.16. The predicted molar refractivity (Wildman–Crippen MR) is 118 cm³/mol. The molecule has 26 heavy (non-hydrogen) atoms. The first-order chi connectivity index (χ1) is 11.9. The Morgan fingerprint density at radius 2 is 1.65 bits per heavy atom. The smallest absolute Gasteiger partial charge is 0.250 e. The van der Waals surface area contributed by atoms with Crippen LogP contribution in [0.3, 0.4) is 0 Å². The summed E-state index contributed by atoms with van der Waals surface area (Å²) in [5.41, 5.74) is 0. The fourth-order valence-corrected chi connectivity index (χ4v) is 5.40. The van der Waals surface area contributed by atoms with Gasteiger partial charge in [-0.2, -0.15) is 0 Å². The summed E-state index contributed by atoms with van der Waals surface area (Å²) in [6.07, 6.45) is 2.51. The summed E-state index contributed by atoms with van der Waals surface area (Å²) in [7, 11) is -3.40. The molecule has 1 aromatic carbocycles. The van der Waals surface area contributed by atoms with Gasteiger partial charge in [0.25, 0.3) is 0 Å². The van der Waals surface area contributed by atoms with Crippen LogP contribution in [0.1, 0.15) is 47.5 Å². The average molecular weight is 397 g/mol. The first-order valence-electron chi connectivity index (χ1n) is 9.96. The first kappa shape index (κ1) is 23.3. The van der Waals surface area contributed by atoms with Gasteiger partial charge < -0.3 is 13.6 Å². The maximum absolute atomic E-state index is 6.38. The van der Waals surface area contributed by atoms with Gasteiger partial charge in [-0.15, -0.1) is 0 Å². The number of hydrogen-bond acceptors (Lipinski definition) is 3. The Kier molecular flexibility index (Phi) is 8.43. The van der Waals surface area contributed by atoms with E-state index in [1.54, 1.807) is 0 Å². The second-order valence-electron chi connectivity index (χ2n) is 9.44. The van der Waals surface area contributed by atoms with Crippen molar-refractivity contribution >= 4 is 16.6 Å². The molecule has 1 unspecified atom stereocenters. The molecule has 5 heteroatoms. The topological polar surface area (TPSA) is 27.7 Å². The second kappa shape index (κ2) is 9.42. The van der Waals surface area contributed by atoms with Crippen LogP contribution in [0, 0.1) is 0 Å². The standard InChI is InChI=1S/C21H40O3Si2/c1-10-11-15-25(6,7)22-17-18(2)23-19-13-12-14-20(16-19)24-26(8,9)21(3,4)5/h12-14,16,18H,10-11,15,17H2,1-9H3. The van der Waals surface area contributed by atoms with Gasteiger partial charge in [-0.05, 0) is 56.3 Å². The van der Waals surface area contributed by atoms with Crippen LogP contribution in [0.5, 0.6) is 11.5 Å². The Morgan fingerprint density at radius 1 is 1.04 bits per heavy atom. The van der Waals surface area contributed by atoms with Gasteiger partial charge in [-0.25, -0.2) is 0 Å². The Morgan fingerprint density at radius 3 is 2.23 bits per heavy atom. The number of rotatable bonds is 10. The van der Waals surface area contributed by atoms with Crippen LogP contribution in [-0.4, -0.2) is 29.3 Å². The van der Waals surface area contributed by atoms with Crippen molar-refractivity contribution in [2.45, 2.75) is 90.8 Å². The minimum atomic E-state index is -1.84. The molecule has 0 aliphatic rings. The summed E-state index contributed by atoms with van der Waals surface area (Å²) in [4.78, 5) is 0. The quantitative estimate of drug-likeness (QED) is 0.404. The highest BCUT2D eigenvalue weighted by Crippen LogP contribution is 2.37. The Balaban J connectivity index is 2.63. The summed E-state index contributed by atoms with van der Waals surface area (Å²) in [6.45, 7) is 20.8. The van der Waals surface area contributed by atoms with Crippen LogP contribution in [0.25, 0.3) is 0 Å². The minimum Gasteiger partial charge on any atom is -0.543 e. The van der Waals surface area contributed by atoms with Crippen LogP contribution in [0.4, 0.5) is 0 Å². The van der Waals surface area contributed by atoms with E-state index in [2.05, 4.69) is 60.8 Å². The third-order valence-corrected chi connectivity index (χ3v) is 12.0. The summed E-state index contributed by atoms with van der Waals surface area (Å²) >= 11 is 0. The fraction of sp³-hybridized carbons (Fsp3) is 0.714. The maximum atomic E-state index is 6.38. The monoisotopic (exact) mass is 396 g/mol. The number of benzene rings is 1. The van der Waals surface area contributed by atoms with E-state index in [4.69, 9.17) is 13.6 Å². The third kappa shape index (κ3) is 7.84. The predicted octanol–water partition coefficient (Wildman–Crippen LogP) is 6.86. The molecule has 0 spiro atoms. The van der Waals surface area contributed by atoms with Crippen LogP contribution in [-0.2, 0) is 4.43 Å². The number of unbranched alkanes of at least 4 members (excludes halogenated alkanes) is 1. The van der Waals surface area contributed by atoms with Crippen LogP contribution in [0.15, 0.2) is 24.3 Å². The SMILES string of the molecule is CCCC[Si](C)(C)OCC(C)Oc1cccc(O[Si](C)(C)C(C)(C)C)c1. The highest BCUT2D eigenvalue weighted by atomic mass is 28.4. The van der Waals surface area contributed by atoms with Crippen molar-refractivity contribution in [2.75, 3.05) is 6.61 Å². The lowest BCUT2D eigenvalue weighted by atomic mass is 10.2. The van der Waals surface area contributed by atoms with Gasteiger partial charge in [0.2, 0.25) is 8.32 Å². The maximum Gasteiger partial charge on any atom is 0.250 e. The van der Waals surface area contributed by atoms with Crippen molar-refractivity contribution in [1.29, 1.82) is 0 Å².